The van der Waals surface area contributed by atoms with Gasteiger partial charge in [0.1, 0.15) is 28.4 Å². The Morgan fingerprint density at radius 2 is 1.63 bits per heavy atom. The van der Waals surface area contributed by atoms with E-state index in [9.17, 15) is 18.9 Å². The summed E-state index contributed by atoms with van der Waals surface area (Å²) in [6.45, 7) is 0.230. The molecule has 0 saturated carbocycles. The minimum absolute atomic E-state index is 0.0234. The lowest BCUT2D eigenvalue weighted by atomic mass is 10.1. The highest BCUT2D eigenvalue weighted by atomic mass is 32.2. The molecule has 2 aromatic heterocycles. The zero-order chi connectivity index (χ0) is 25.2. The van der Waals surface area contributed by atoms with Gasteiger partial charge in [0.15, 0.2) is 28.5 Å². The summed E-state index contributed by atoms with van der Waals surface area (Å²) in [5.74, 6) is 1.04. The molecule has 2 heterocycles. The summed E-state index contributed by atoms with van der Waals surface area (Å²) in [6, 6.07) is 16.9. The largest absolute Gasteiger partial charge is 0.493 e. The van der Waals surface area contributed by atoms with Gasteiger partial charge >= 0.3 is 0 Å². The highest BCUT2D eigenvalue weighted by molar-refractivity contribution is 7.92. The second-order valence-electron chi connectivity index (χ2n) is 7.44. The van der Waals surface area contributed by atoms with Crippen LogP contribution in [-0.2, 0) is 22.8 Å². The van der Waals surface area contributed by atoms with Gasteiger partial charge in [-0.3, -0.25) is 0 Å². The second kappa shape index (κ2) is 9.33. The number of rotatable bonds is 7. The van der Waals surface area contributed by atoms with Crippen molar-refractivity contribution in [2.45, 2.75) is 22.8 Å². The Hall–Kier alpha value is -4.61. The lowest BCUT2D eigenvalue weighted by Gasteiger charge is -2.11. The van der Waals surface area contributed by atoms with Gasteiger partial charge < -0.3 is 19.8 Å². The molecule has 0 aliphatic heterocycles. The monoisotopic (exact) mass is 488 g/mol. The third-order valence-electron chi connectivity index (χ3n) is 5.48. The number of sulfone groups is 1. The van der Waals surface area contributed by atoms with E-state index in [-0.39, 0.29) is 44.7 Å². The van der Waals surface area contributed by atoms with E-state index in [2.05, 4.69) is 9.97 Å². The van der Waals surface area contributed by atoms with Crippen LogP contribution in [0.5, 0.6) is 11.5 Å². The molecule has 0 fully saturated rings. The molecule has 0 radical (unpaired) electrons. The summed E-state index contributed by atoms with van der Waals surface area (Å²) in [5.41, 5.74) is 6.81. The van der Waals surface area contributed by atoms with Crippen LogP contribution in [0.15, 0.2) is 58.3 Å². The molecule has 10 nitrogen and oxygen atoms in total. The number of fused-ring (bicyclic) bond motifs is 1. The third kappa shape index (κ3) is 4.09. The fourth-order valence-corrected chi connectivity index (χ4v) is 5.29. The summed E-state index contributed by atoms with van der Waals surface area (Å²) in [6.07, 6.45) is 0.433. The van der Waals surface area contributed by atoms with Gasteiger partial charge in [0, 0.05) is 6.54 Å². The van der Waals surface area contributed by atoms with Crippen LogP contribution in [0.1, 0.15) is 17.0 Å². The van der Waals surface area contributed by atoms with Crippen molar-refractivity contribution < 1.29 is 17.9 Å². The molecule has 2 aromatic carbocycles. The quantitative estimate of drug-likeness (QED) is 0.413. The maximum absolute atomic E-state index is 13.5. The van der Waals surface area contributed by atoms with Crippen molar-refractivity contribution in [1.29, 1.82) is 10.5 Å². The van der Waals surface area contributed by atoms with Gasteiger partial charge in [-0.15, -0.1) is 0 Å². The predicted molar refractivity (Wildman–Crippen MR) is 127 cm³/mol. The summed E-state index contributed by atoms with van der Waals surface area (Å²) in [7, 11) is -1.02. The van der Waals surface area contributed by atoms with Crippen molar-refractivity contribution >= 4 is 26.8 Å². The molecule has 11 heteroatoms. The zero-order valence-electron chi connectivity index (χ0n) is 18.9. The van der Waals surface area contributed by atoms with Crippen LogP contribution in [0.25, 0.3) is 11.2 Å². The van der Waals surface area contributed by atoms with Gasteiger partial charge in [0.2, 0.25) is 9.84 Å². The maximum atomic E-state index is 13.5. The van der Waals surface area contributed by atoms with Gasteiger partial charge in [0.05, 0.1) is 19.1 Å². The van der Waals surface area contributed by atoms with Crippen molar-refractivity contribution in [3.63, 3.8) is 0 Å². The van der Waals surface area contributed by atoms with E-state index < -0.39 is 9.84 Å². The Morgan fingerprint density at radius 1 is 0.971 bits per heavy atom. The standard InChI is InChI=1S/C24H20N6O4S/c1-33-19-9-8-15(12-20(19)34-2)10-11-30-23(27)22(35(31,32)16-6-4-3-5-7-16)21-24(30)29-18(14-26)17(13-25)28-21/h3-9,12H,10-11,27H2,1-2H3. The average molecular weight is 489 g/mol. The van der Waals surface area contributed by atoms with Gasteiger partial charge in [-0.1, -0.05) is 24.3 Å². The first-order valence-corrected chi connectivity index (χ1v) is 11.8. The second-order valence-corrected chi connectivity index (χ2v) is 9.32. The summed E-state index contributed by atoms with van der Waals surface area (Å²) < 4.78 is 39.2. The minimum Gasteiger partial charge on any atom is -0.493 e. The van der Waals surface area contributed by atoms with Gasteiger partial charge in [-0.2, -0.15) is 10.5 Å². The number of hydrogen-bond donors (Lipinski definition) is 1. The maximum Gasteiger partial charge on any atom is 0.212 e. The van der Waals surface area contributed by atoms with E-state index in [0.29, 0.717) is 17.9 Å². The minimum atomic E-state index is -4.10. The lowest BCUT2D eigenvalue weighted by Crippen LogP contribution is -2.09. The molecule has 0 aliphatic carbocycles. The van der Waals surface area contributed by atoms with Crippen molar-refractivity contribution in [2.24, 2.45) is 0 Å². The molecular formula is C24H20N6O4S. The number of aryl methyl sites for hydroxylation is 2. The number of nitrogens with two attached hydrogens (primary N) is 1. The van der Waals surface area contributed by atoms with E-state index in [1.54, 1.807) is 37.4 Å². The Balaban J connectivity index is 1.89. The van der Waals surface area contributed by atoms with Crippen molar-refractivity contribution in [2.75, 3.05) is 20.0 Å². The van der Waals surface area contributed by atoms with Crippen LogP contribution < -0.4 is 15.2 Å². The molecule has 4 rings (SSSR count). The number of hydrogen-bond acceptors (Lipinski definition) is 9. The SMILES string of the molecule is COc1ccc(CCn2c(N)c(S(=O)(=O)c3ccccc3)c3nc(C#N)c(C#N)nc32)cc1OC. The molecule has 2 N–H and O–H groups in total. The zero-order valence-corrected chi connectivity index (χ0v) is 19.7. The molecule has 0 saturated heterocycles. The average Bonchev–Trinajstić information content (AvgIpc) is 3.17. The Morgan fingerprint density at radius 3 is 2.26 bits per heavy atom. The lowest BCUT2D eigenvalue weighted by molar-refractivity contribution is 0.354. The van der Waals surface area contributed by atoms with Gasteiger partial charge in [-0.05, 0) is 36.2 Å². The number of aromatic nitrogens is 3. The fraction of sp³-hybridized carbons (Fsp3) is 0.167. The van der Waals surface area contributed by atoms with Crippen LogP contribution in [-0.4, -0.2) is 37.2 Å². The number of nitrogen functional groups attached to an aromatic ring is 1. The predicted octanol–water partition coefficient (Wildman–Crippen LogP) is 2.85. The van der Waals surface area contributed by atoms with Gasteiger partial charge in [0.25, 0.3) is 0 Å². The van der Waals surface area contributed by atoms with E-state index in [1.165, 1.54) is 23.8 Å². The molecule has 35 heavy (non-hydrogen) atoms. The Bertz CT molecular complexity index is 1620. The van der Waals surface area contributed by atoms with E-state index in [1.807, 2.05) is 18.2 Å². The molecule has 176 valence electrons. The molecule has 0 amide bonds. The third-order valence-corrected chi connectivity index (χ3v) is 7.31. The summed E-state index contributed by atoms with van der Waals surface area (Å²) in [4.78, 5) is 8.21. The smallest absolute Gasteiger partial charge is 0.212 e. The van der Waals surface area contributed by atoms with E-state index >= 15 is 0 Å². The number of nitriles is 2. The first-order valence-electron chi connectivity index (χ1n) is 10.4. The number of benzene rings is 2. The molecule has 0 spiro atoms. The molecular weight excluding hydrogens is 468 g/mol. The molecule has 0 unspecified atom stereocenters. The van der Waals surface area contributed by atoms with Crippen LogP contribution in [0.3, 0.4) is 0 Å². The molecule has 4 aromatic rings. The van der Waals surface area contributed by atoms with Crippen molar-refractivity contribution in [3.8, 4) is 23.6 Å². The molecule has 0 atom stereocenters. The van der Waals surface area contributed by atoms with E-state index in [0.717, 1.165) is 5.56 Å². The van der Waals surface area contributed by atoms with Crippen LogP contribution in [0.2, 0.25) is 0 Å². The van der Waals surface area contributed by atoms with Gasteiger partial charge in [-0.25, -0.2) is 18.4 Å². The molecule has 0 bridgehead atoms. The molecule has 0 aliphatic rings. The normalized spacial score (nSPS) is 11.1. The summed E-state index contributed by atoms with van der Waals surface area (Å²) >= 11 is 0. The highest BCUT2D eigenvalue weighted by Gasteiger charge is 2.30. The highest BCUT2D eigenvalue weighted by Crippen LogP contribution is 2.35. The number of methoxy groups -OCH3 is 2. The number of nitrogens with zero attached hydrogens (tertiary/aromatic N) is 5. The number of anilines is 1. The Kier molecular flexibility index (Phi) is 6.28. The van der Waals surface area contributed by atoms with Crippen LogP contribution >= 0.6 is 0 Å². The van der Waals surface area contributed by atoms with E-state index in [4.69, 9.17) is 15.2 Å². The summed E-state index contributed by atoms with van der Waals surface area (Å²) in [5, 5.41) is 18.9. The first-order chi connectivity index (χ1) is 16.8. The van der Waals surface area contributed by atoms with Crippen LogP contribution in [0.4, 0.5) is 5.82 Å². The Labute approximate surface area is 201 Å². The van der Waals surface area contributed by atoms with Crippen LogP contribution in [0, 0.1) is 22.7 Å². The van der Waals surface area contributed by atoms with Crippen molar-refractivity contribution in [1.82, 2.24) is 14.5 Å². The van der Waals surface area contributed by atoms with Crippen molar-refractivity contribution in [3.05, 3.63) is 65.5 Å². The number of ether oxygens (including phenoxy) is 2. The fourth-order valence-electron chi connectivity index (χ4n) is 3.77. The topological polar surface area (TPSA) is 157 Å². The first kappa shape index (κ1) is 23.5.